The minimum atomic E-state index is -0.732. The van der Waals surface area contributed by atoms with E-state index in [9.17, 15) is 9.59 Å². The third kappa shape index (κ3) is 2.92. The fourth-order valence-corrected chi connectivity index (χ4v) is 0.817. The minimum Gasteiger partial charge on any atom is -0.435 e. The van der Waals surface area contributed by atoms with Gasteiger partial charge in [0.05, 0.1) is 13.2 Å². The summed E-state index contributed by atoms with van der Waals surface area (Å²) in [5, 5.41) is 5.73. The Bertz CT molecular complexity index is 343. The minimum absolute atomic E-state index is 0.0816. The largest absolute Gasteiger partial charge is 0.508 e. The second kappa shape index (κ2) is 5.05. The molecule has 0 bridgehead atoms. The normalized spacial score (nSPS) is 9.79. The van der Waals surface area contributed by atoms with Gasteiger partial charge >= 0.3 is 11.8 Å². The van der Waals surface area contributed by atoms with Gasteiger partial charge in [-0.1, -0.05) is 0 Å². The second-order valence-corrected chi connectivity index (χ2v) is 2.39. The van der Waals surface area contributed by atoms with E-state index in [4.69, 9.17) is 0 Å². The standard InChI is InChI=1S/C7H11N3O4/c1-2-13-7(12)14-4-3-10-5-8-9-6(10)11/h5H,2-4H2,1H3,(H,9,11). The van der Waals surface area contributed by atoms with Crippen LogP contribution in [0, 0.1) is 0 Å². The van der Waals surface area contributed by atoms with E-state index in [2.05, 4.69) is 19.7 Å². The fraction of sp³-hybridized carbons (Fsp3) is 0.571. The number of aromatic amines is 1. The molecule has 0 aliphatic carbocycles. The maximum absolute atomic E-state index is 10.9. The van der Waals surface area contributed by atoms with Crippen molar-refractivity contribution in [2.45, 2.75) is 13.5 Å². The van der Waals surface area contributed by atoms with Crippen LogP contribution in [0.25, 0.3) is 0 Å². The number of ether oxygens (including phenoxy) is 2. The number of hydrogen-bond acceptors (Lipinski definition) is 5. The third-order valence-electron chi connectivity index (χ3n) is 1.43. The number of nitrogens with one attached hydrogen (secondary N) is 1. The Morgan fingerprint density at radius 2 is 2.43 bits per heavy atom. The van der Waals surface area contributed by atoms with Crippen molar-refractivity contribution in [2.75, 3.05) is 13.2 Å². The van der Waals surface area contributed by atoms with Gasteiger partial charge in [-0.05, 0) is 6.92 Å². The second-order valence-electron chi connectivity index (χ2n) is 2.39. The third-order valence-corrected chi connectivity index (χ3v) is 1.43. The number of carbonyl (C=O) groups excluding carboxylic acids is 1. The van der Waals surface area contributed by atoms with Gasteiger partial charge in [-0.15, -0.1) is 0 Å². The van der Waals surface area contributed by atoms with Crippen molar-refractivity contribution in [3.05, 3.63) is 16.8 Å². The number of aromatic nitrogens is 3. The van der Waals surface area contributed by atoms with Gasteiger partial charge < -0.3 is 9.47 Å². The highest BCUT2D eigenvalue weighted by Gasteiger charge is 2.02. The predicted octanol–water partition coefficient (Wildman–Crippen LogP) is -0.256. The van der Waals surface area contributed by atoms with Crippen molar-refractivity contribution in [3.8, 4) is 0 Å². The first-order chi connectivity index (χ1) is 6.74. The Kier molecular flexibility index (Phi) is 3.71. The van der Waals surface area contributed by atoms with Crippen LogP contribution < -0.4 is 5.69 Å². The topological polar surface area (TPSA) is 86.2 Å². The lowest BCUT2D eigenvalue weighted by Gasteiger charge is -2.03. The lowest BCUT2D eigenvalue weighted by molar-refractivity contribution is 0.0565. The lowest BCUT2D eigenvalue weighted by atomic mass is 10.7. The van der Waals surface area contributed by atoms with E-state index >= 15 is 0 Å². The van der Waals surface area contributed by atoms with Crippen LogP contribution in [0.3, 0.4) is 0 Å². The number of nitrogens with zero attached hydrogens (tertiary/aromatic N) is 2. The molecule has 0 saturated heterocycles. The van der Waals surface area contributed by atoms with Crippen molar-refractivity contribution in [2.24, 2.45) is 0 Å². The molecular weight excluding hydrogens is 190 g/mol. The smallest absolute Gasteiger partial charge is 0.435 e. The molecule has 0 aromatic carbocycles. The quantitative estimate of drug-likeness (QED) is 0.678. The van der Waals surface area contributed by atoms with Crippen molar-refractivity contribution in [1.29, 1.82) is 0 Å². The Balaban J connectivity index is 2.25. The van der Waals surface area contributed by atoms with Gasteiger partial charge in [0.1, 0.15) is 12.9 Å². The molecule has 1 aromatic heterocycles. The van der Waals surface area contributed by atoms with E-state index in [1.165, 1.54) is 10.9 Å². The molecule has 0 unspecified atom stereocenters. The molecule has 0 spiro atoms. The highest BCUT2D eigenvalue weighted by Crippen LogP contribution is 1.86. The molecule has 1 rings (SSSR count). The van der Waals surface area contributed by atoms with Crippen LogP contribution in [0.1, 0.15) is 6.92 Å². The van der Waals surface area contributed by atoms with Crippen LogP contribution in [0.4, 0.5) is 4.79 Å². The summed E-state index contributed by atoms with van der Waals surface area (Å²) in [6.07, 6.45) is 0.598. The predicted molar refractivity (Wildman–Crippen MR) is 45.8 cm³/mol. The summed E-state index contributed by atoms with van der Waals surface area (Å²) in [6, 6.07) is 0. The van der Waals surface area contributed by atoms with E-state index in [0.29, 0.717) is 0 Å². The number of rotatable bonds is 4. The average molecular weight is 201 g/mol. The summed E-state index contributed by atoms with van der Waals surface area (Å²) in [7, 11) is 0. The van der Waals surface area contributed by atoms with Gasteiger partial charge in [-0.2, -0.15) is 5.10 Å². The van der Waals surface area contributed by atoms with Gasteiger partial charge in [-0.25, -0.2) is 14.7 Å². The summed E-state index contributed by atoms with van der Waals surface area (Å²) in [5.74, 6) is 0. The zero-order valence-corrected chi connectivity index (χ0v) is 7.73. The van der Waals surface area contributed by atoms with Crippen LogP contribution in [-0.4, -0.2) is 34.1 Å². The Labute approximate surface area is 79.6 Å². The summed E-state index contributed by atoms with van der Waals surface area (Å²) < 4.78 is 10.5. The molecule has 0 amide bonds. The molecule has 1 aromatic rings. The Morgan fingerprint density at radius 1 is 1.64 bits per heavy atom. The highest BCUT2D eigenvalue weighted by atomic mass is 16.7. The van der Waals surface area contributed by atoms with Gasteiger partial charge in [0.15, 0.2) is 0 Å². The van der Waals surface area contributed by atoms with E-state index in [0.717, 1.165) is 0 Å². The monoisotopic (exact) mass is 201 g/mol. The zero-order chi connectivity index (χ0) is 10.4. The van der Waals surface area contributed by atoms with Crippen LogP contribution in [-0.2, 0) is 16.0 Å². The Morgan fingerprint density at radius 3 is 3.00 bits per heavy atom. The first-order valence-electron chi connectivity index (χ1n) is 4.13. The average Bonchev–Trinajstić information content (AvgIpc) is 2.52. The molecule has 14 heavy (non-hydrogen) atoms. The van der Waals surface area contributed by atoms with Crippen molar-refractivity contribution in [3.63, 3.8) is 0 Å². The summed E-state index contributed by atoms with van der Waals surface area (Å²) in [4.78, 5) is 21.6. The maximum atomic E-state index is 10.9. The molecule has 0 saturated carbocycles. The fourth-order valence-electron chi connectivity index (χ4n) is 0.817. The van der Waals surface area contributed by atoms with Gasteiger partial charge in [0, 0.05) is 0 Å². The van der Waals surface area contributed by atoms with Crippen LogP contribution >= 0.6 is 0 Å². The van der Waals surface area contributed by atoms with Crippen molar-refractivity contribution in [1.82, 2.24) is 14.8 Å². The lowest BCUT2D eigenvalue weighted by Crippen LogP contribution is -2.20. The molecule has 0 aliphatic heterocycles. The molecule has 1 N–H and O–H groups in total. The molecular formula is C7H11N3O4. The maximum Gasteiger partial charge on any atom is 0.508 e. The first kappa shape index (κ1) is 10.3. The molecule has 0 fully saturated rings. The number of H-pyrrole nitrogens is 1. The van der Waals surface area contributed by atoms with Crippen LogP contribution in [0.2, 0.25) is 0 Å². The van der Waals surface area contributed by atoms with Gasteiger partial charge in [-0.3, -0.25) is 4.57 Å². The van der Waals surface area contributed by atoms with Gasteiger partial charge in [0.25, 0.3) is 0 Å². The zero-order valence-electron chi connectivity index (χ0n) is 7.73. The van der Waals surface area contributed by atoms with E-state index in [1.54, 1.807) is 6.92 Å². The summed E-state index contributed by atoms with van der Waals surface area (Å²) in [6.45, 7) is 2.29. The summed E-state index contributed by atoms with van der Waals surface area (Å²) in [5.41, 5.74) is -0.336. The molecule has 7 nitrogen and oxygen atoms in total. The first-order valence-corrected chi connectivity index (χ1v) is 4.13. The molecule has 0 aliphatic rings. The molecule has 7 heteroatoms. The molecule has 0 atom stereocenters. The van der Waals surface area contributed by atoms with Crippen LogP contribution in [0.5, 0.6) is 0 Å². The molecule has 1 heterocycles. The van der Waals surface area contributed by atoms with E-state index in [1.807, 2.05) is 0 Å². The highest BCUT2D eigenvalue weighted by molar-refractivity contribution is 5.59. The SMILES string of the molecule is CCOC(=O)OCCn1cn[nH]c1=O. The van der Waals surface area contributed by atoms with E-state index in [-0.39, 0.29) is 25.4 Å². The van der Waals surface area contributed by atoms with Crippen molar-refractivity contribution >= 4 is 6.16 Å². The van der Waals surface area contributed by atoms with E-state index < -0.39 is 6.16 Å². The van der Waals surface area contributed by atoms with Gasteiger partial charge in [0.2, 0.25) is 0 Å². The van der Waals surface area contributed by atoms with Crippen molar-refractivity contribution < 1.29 is 14.3 Å². The Hall–Kier alpha value is -1.79. The number of hydrogen-bond donors (Lipinski definition) is 1. The molecule has 78 valence electrons. The number of carbonyl (C=O) groups is 1. The molecule has 0 radical (unpaired) electrons. The van der Waals surface area contributed by atoms with Crippen LogP contribution in [0.15, 0.2) is 11.1 Å². The summed E-state index contributed by atoms with van der Waals surface area (Å²) >= 11 is 0.